The molecule has 0 bridgehead atoms. The largest absolute Gasteiger partial charge is 0.493 e. The molecule has 1 aliphatic rings. The molecule has 1 amide bonds. The van der Waals surface area contributed by atoms with Crippen LogP contribution in [-0.4, -0.2) is 64.3 Å². The first-order chi connectivity index (χ1) is 14.2. The average Bonchev–Trinajstić information content (AvgIpc) is 2.78. The number of para-hydroxylation sites is 1. The lowest BCUT2D eigenvalue weighted by molar-refractivity contribution is -0.116. The van der Waals surface area contributed by atoms with E-state index in [1.165, 1.54) is 5.69 Å². The van der Waals surface area contributed by atoms with Gasteiger partial charge in [0.2, 0.25) is 5.91 Å². The maximum atomic E-state index is 12.1. The minimum absolute atomic E-state index is 0.0947. The van der Waals surface area contributed by atoms with E-state index in [2.05, 4.69) is 39.4 Å². The zero-order chi connectivity index (χ0) is 20.5. The Balaban J connectivity index is 1.39. The lowest BCUT2D eigenvalue weighted by Gasteiger charge is -2.36. The third-order valence-corrected chi connectivity index (χ3v) is 5.06. The molecule has 2 aromatic rings. The van der Waals surface area contributed by atoms with Crippen molar-refractivity contribution in [3.8, 4) is 11.5 Å². The minimum atomic E-state index is -0.0947. The molecule has 1 N–H and O–H groups in total. The molecular weight excluding hydrogens is 366 g/mol. The molecule has 0 aromatic heterocycles. The van der Waals surface area contributed by atoms with Gasteiger partial charge in [-0.15, -0.1) is 0 Å². The average molecular weight is 396 g/mol. The molecule has 0 radical (unpaired) electrons. The van der Waals surface area contributed by atoms with Crippen LogP contribution in [0.25, 0.3) is 6.08 Å². The van der Waals surface area contributed by atoms with Gasteiger partial charge >= 0.3 is 0 Å². The zero-order valence-corrected chi connectivity index (χ0v) is 17.1. The summed E-state index contributed by atoms with van der Waals surface area (Å²) in [5.74, 6) is 1.22. The molecule has 6 heteroatoms. The Bertz CT molecular complexity index is 815. The van der Waals surface area contributed by atoms with Crippen LogP contribution in [0.15, 0.2) is 54.6 Å². The Labute approximate surface area is 172 Å². The molecule has 1 heterocycles. The van der Waals surface area contributed by atoms with Crippen molar-refractivity contribution in [1.82, 2.24) is 10.2 Å². The SMILES string of the molecule is COc1ccc(/C=C/C(=O)NCCN2CCN(c3ccccc3)CC2)cc1OC. The zero-order valence-electron chi connectivity index (χ0n) is 17.1. The van der Waals surface area contributed by atoms with Gasteiger partial charge in [0.25, 0.3) is 0 Å². The lowest BCUT2D eigenvalue weighted by atomic mass is 10.2. The van der Waals surface area contributed by atoms with E-state index in [0.717, 1.165) is 38.3 Å². The van der Waals surface area contributed by atoms with E-state index in [1.807, 2.05) is 24.3 Å². The first kappa shape index (κ1) is 20.7. The van der Waals surface area contributed by atoms with Gasteiger partial charge in [0.1, 0.15) is 0 Å². The summed E-state index contributed by atoms with van der Waals surface area (Å²) >= 11 is 0. The van der Waals surface area contributed by atoms with E-state index in [4.69, 9.17) is 9.47 Å². The molecule has 2 aromatic carbocycles. The second-order valence-corrected chi connectivity index (χ2v) is 6.90. The molecule has 0 unspecified atom stereocenters. The van der Waals surface area contributed by atoms with E-state index in [-0.39, 0.29) is 5.91 Å². The number of amides is 1. The van der Waals surface area contributed by atoms with Gasteiger partial charge in [-0.3, -0.25) is 9.69 Å². The predicted octanol–water partition coefficient (Wildman–Crippen LogP) is 2.66. The second-order valence-electron chi connectivity index (χ2n) is 6.90. The first-order valence-electron chi connectivity index (χ1n) is 9.90. The highest BCUT2D eigenvalue weighted by Crippen LogP contribution is 2.27. The molecular formula is C23H29N3O3. The first-order valence-corrected chi connectivity index (χ1v) is 9.90. The van der Waals surface area contributed by atoms with Crippen LogP contribution in [0.5, 0.6) is 11.5 Å². The molecule has 0 atom stereocenters. The minimum Gasteiger partial charge on any atom is -0.493 e. The van der Waals surface area contributed by atoms with E-state index in [9.17, 15) is 4.79 Å². The van der Waals surface area contributed by atoms with Crippen molar-refractivity contribution in [2.75, 3.05) is 58.4 Å². The molecule has 0 saturated carbocycles. The number of ether oxygens (including phenoxy) is 2. The van der Waals surface area contributed by atoms with Gasteiger partial charge < -0.3 is 19.7 Å². The van der Waals surface area contributed by atoms with Gasteiger partial charge in [-0.05, 0) is 35.9 Å². The molecule has 1 saturated heterocycles. The highest BCUT2D eigenvalue weighted by atomic mass is 16.5. The number of carbonyl (C=O) groups excluding carboxylic acids is 1. The number of methoxy groups -OCH3 is 2. The van der Waals surface area contributed by atoms with Crippen molar-refractivity contribution >= 4 is 17.7 Å². The Kier molecular flexibility index (Phi) is 7.53. The van der Waals surface area contributed by atoms with Gasteiger partial charge in [-0.25, -0.2) is 0 Å². The predicted molar refractivity (Wildman–Crippen MR) is 117 cm³/mol. The van der Waals surface area contributed by atoms with Gasteiger partial charge in [-0.1, -0.05) is 24.3 Å². The molecule has 0 spiro atoms. The Morgan fingerprint density at radius 3 is 2.41 bits per heavy atom. The summed E-state index contributed by atoms with van der Waals surface area (Å²) in [5, 5.41) is 2.96. The lowest BCUT2D eigenvalue weighted by Crippen LogP contribution is -2.48. The van der Waals surface area contributed by atoms with Crippen LogP contribution < -0.4 is 19.7 Å². The fraction of sp³-hybridized carbons (Fsp3) is 0.348. The van der Waals surface area contributed by atoms with Gasteiger partial charge in [0.15, 0.2) is 11.5 Å². The van der Waals surface area contributed by atoms with E-state index < -0.39 is 0 Å². The summed E-state index contributed by atoms with van der Waals surface area (Å²) in [6.45, 7) is 5.53. The van der Waals surface area contributed by atoms with E-state index in [1.54, 1.807) is 26.4 Å². The van der Waals surface area contributed by atoms with Crippen LogP contribution in [0, 0.1) is 0 Å². The second kappa shape index (κ2) is 10.5. The maximum Gasteiger partial charge on any atom is 0.244 e. The molecule has 1 fully saturated rings. The molecule has 29 heavy (non-hydrogen) atoms. The van der Waals surface area contributed by atoms with Gasteiger partial charge in [0.05, 0.1) is 14.2 Å². The van der Waals surface area contributed by atoms with Crippen molar-refractivity contribution in [3.63, 3.8) is 0 Å². The number of nitrogens with one attached hydrogen (secondary N) is 1. The summed E-state index contributed by atoms with van der Waals surface area (Å²) in [7, 11) is 3.19. The monoisotopic (exact) mass is 395 g/mol. The number of carbonyl (C=O) groups is 1. The van der Waals surface area contributed by atoms with Crippen molar-refractivity contribution in [3.05, 3.63) is 60.2 Å². The van der Waals surface area contributed by atoms with Crippen LogP contribution in [0.3, 0.4) is 0 Å². The summed E-state index contributed by atoms with van der Waals surface area (Å²) in [4.78, 5) is 16.9. The normalized spacial score (nSPS) is 14.8. The third kappa shape index (κ3) is 5.99. The summed E-state index contributed by atoms with van der Waals surface area (Å²) in [6, 6.07) is 16.1. The number of hydrogen-bond donors (Lipinski definition) is 1. The maximum absolute atomic E-state index is 12.1. The Hall–Kier alpha value is -2.99. The molecule has 0 aliphatic carbocycles. The highest BCUT2D eigenvalue weighted by molar-refractivity contribution is 5.91. The topological polar surface area (TPSA) is 54.0 Å². The Morgan fingerprint density at radius 2 is 1.72 bits per heavy atom. The summed E-state index contributed by atoms with van der Waals surface area (Å²) in [5.41, 5.74) is 2.16. The summed E-state index contributed by atoms with van der Waals surface area (Å²) < 4.78 is 10.5. The van der Waals surface area contributed by atoms with Crippen LogP contribution in [0.1, 0.15) is 5.56 Å². The smallest absolute Gasteiger partial charge is 0.244 e. The number of hydrogen-bond acceptors (Lipinski definition) is 5. The molecule has 3 rings (SSSR count). The number of piperazine rings is 1. The van der Waals surface area contributed by atoms with Crippen LogP contribution >= 0.6 is 0 Å². The molecule has 154 valence electrons. The number of benzene rings is 2. The van der Waals surface area contributed by atoms with Crippen LogP contribution in [0.4, 0.5) is 5.69 Å². The summed E-state index contributed by atoms with van der Waals surface area (Å²) in [6.07, 6.45) is 3.32. The number of rotatable bonds is 8. The quantitative estimate of drug-likeness (QED) is 0.697. The third-order valence-electron chi connectivity index (χ3n) is 5.06. The van der Waals surface area contributed by atoms with Crippen molar-refractivity contribution in [2.24, 2.45) is 0 Å². The standard InChI is InChI=1S/C23H29N3O3/c1-28-21-10-8-19(18-22(21)29-2)9-11-23(27)24-12-13-25-14-16-26(17-15-25)20-6-4-3-5-7-20/h3-11,18H,12-17H2,1-2H3,(H,24,27)/b11-9+. The van der Waals surface area contributed by atoms with Crippen LogP contribution in [0.2, 0.25) is 0 Å². The van der Waals surface area contributed by atoms with Crippen molar-refractivity contribution < 1.29 is 14.3 Å². The molecule has 1 aliphatic heterocycles. The number of anilines is 1. The fourth-order valence-electron chi connectivity index (χ4n) is 3.39. The molecule has 6 nitrogen and oxygen atoms in total. The van der Waals surface area contributed by atoms with Gasteiger partial charge in [0, 0.05) is 51.0 Å². The Morgan fingerprint density at radius 1 is 1.00 bits per heavy atom. The van der Waals surface area contributed by atoms with Crippen molar-refractivity contribution in [1.29, 1.82) is 0 Å². The highest BCUT2D eigenvalue weighted by Gasteiger charge is 2.16. The van der Waals surface area contributed by atoms with Gasteiger partial charge in [-0.2, -0.15) is 0 Å². The van der Waals surface area contributed by atoms with Crippen LogP contribution in [-0.2, 0) is 4.79 Å². The van der Waals surface area contributed by atoms with Crippen molar-refractivity contribution in [2.45, 2.75) is 0 Å². The number of nitrogens with zero attached hydrogens (tertiary/aromatic N) is 2. The van der Waals surface area contributed by atoms with E-state index in [0.29, 0.717) is 18.0 Å². The fourth-order valence-corrected chi connectivity index (χ4v) is 3.39. The van der Waals surface area contributed by atoms with E-state index >= 15 is 0 Å².